The van der Waals surface area contributed by atoms with Gasteiger partial charge >= 0.3 is 6.18 Å². The first-order valence-electron chi connectivity index (χ1n) is 5.58. The van der Waals surface area contributed by atoms with E-state index in [1.165, 1.54) is 7.11 Å². The molecule has 0 aliphatic rings. The molecule has 0 bridgehead atoms. The van der Waals surface area contributed by atoms with Crippen molar-refractivity contribution in [1.29, 1.82) is 0 Å². The zero-order chi connectivity index (χ0) is 14.5. The molecule has 4 nitrogen and oxygen atoms in total. The molecule has 0 aliphatic carbocycles. The molecule has 0 aliphatic heterocycles. The Morgan fingerprint density at radius 2 is 2.05 bits per heavy atom. The van der Waals surface area contributed by atoms with Gasteiger partial charge in [0.25, 0.3) is 0 Å². The highest BCUT2D eigenvalue weighted by atomic mass is 19.4. The van der Waals surface area contributed by atoms with Crippen LogP contribution in [-0.2, 0) is 6.54 Å². The number of methoxy groups -OCH3 is 1. The fourth-order valence-corrected chi connectivity index (χ4v) is 1.47. The molecule has 0 saturated heterocycles. The van der Waals surface area contributed by atoms with Gasteiger partial charge in [-0.2, -0.15) is 13.2 Å². The standard InChI is InChI=1S/C12H16F3NO3/c1-16-6-8-4-3-5-9(18-2)11(8)19-7-10(17)12(13,14)15/h3-5,10,16-17H,6-7H2,1-2H3. The fourth-order valence-electron chi connectivity index (χ4n) is 1.47. The average molecular weight is 279 g/mol. The van der Waals surface area contributed by atoms with Crippen LogP contribution < -0.4 is 14.8 Å². The summed E-state index contributed by atoms with van der Waals surface area (Å²) in [6.45, 7) is -0.463. The van der Waals surface area contributed by atoms with Gasteiger partial charge in [0.2, 0.25) is 0 Å². The molecule has 0 heterocycles. The molecule has 2 N–H and O–H groups in total. The number of aliphatic hydroxyl groups is 1. The van der Waals surface area contributed by atoms with Crippen LogP contribution in [0.3, 0.4) is 0 Å². The Morgan fingerprint density at radius 1 is 1.37 bits per heavy atom. The lowest BCUT2D eigenvalue weighted by Gasteiger charge is -2.18. The smallest absolute Gasteiger partial charge is 0.417 e. The normalized spacial score (nSPS) is 13.2. The Morgan fingerprint density at radius 3 is 2.58 bits per heavy atom. The van der Waals surface area contributed by atoms with Crippen LogP contribution in [0.2, 0.25) is 0 Å². The number of benzene rings is 1. The number of alkyl halides is 3. The summed E-state index contributed by atoms with van der Waals surface area (Å²) in [7, 11) is 3.10. The minimum Gasteiger partial charge on any atom is -0.493 e. The average Bonchev–Trinajstić information content (AvgIpc) is 2.35. The molecule has 1 rings (SSSR count). The molecule has 0 spiro atoms. The van der Waals surface area contributed by atoms with Crippen LogP contribution in [0.15, 0.2) is 18.2 Å². The van der Waals surface area contributed by atoms with E-state index in [4.69, 9.17) is 14.6 Å². The van der Waals surface area contributed by atoms with Crippen LogP contribution in [0.5, 0.6) is 11.5 Å². The van der Waals surface area contributed by atoms with Crippen LogP contribution >= 0.6 is 0 Å². The van der Waals surface area contributed by atoms with Crippen LogP contribution in [0, 0.1) is 0 Å². The van der Waals surface area contributed by atoms with Crippen molar-refractivity contribution in [2.45, 2.75) is 18.8 Å². The van der Waals surface area contributed by atoms with Gasteiger partial charge in [-0.05, 0) is 13.1 Å². The van der Waals surface area contributed by atoms with Crippen molar-refractivity contribution in [2.24, 2.45) is 0 Å². The van der Waals surface area contributed by atoms with E-state index in [1.54, 1.807) is 25.2 Å². The number of aliphatic hydroxyl groups excluding tert-OH is 1. The lowest BCUT2D eigenvalue weighted by Crippen LogP contribution is -2.34. The van der Waals surface area contributed by atoms with Gasteiger partial charge in [-0.3, -0.25) is 0 Å². The summed E-state index contributed by atoms with van der Waals surface area (Å²) < 4.78 is 46.7. The molecular weight excluding hydrogens is 263 g/mol. The lowest BCUT2D eigenvalue weighted by atomic mass is 10.2. The molecule has 1 aromatic carbocycles. The SMILES string of the molecule is CNCc1cccc(OC)c1OCC(O)C(F)(F)F. The third-order valence-electron chi connectivity index (χ3n) is 2.41. The van der Waals surface area contributed by atoms with Crippen molar-refractivity contribution in [1.82, 2.24) is 5.32 Å². The van der Waals surface area contributed by atoms with E-state index >= 15 is 0 Å². The highest BCUT2D eigenvalue weighted by Gasteiger charge is 2.39. The Bertz CT molecular complexity index is 410. The molecule has 1 unspecified atom stereocenters. The zero-order valence-corrected chi connectivity index (χ0v) is 10.6. The summed E-state index contributed by atoms with van der Waals surface area (Å²) in [5.74, 6) is 0.518. The summed E-state index contributed by atoms with van der Waals surface area (Å²) in [6, 6.07) is 4.99. The molecule has 0 saturated carbocycles. The maximum absolute atomic E-state index is 12.2. The van der Waals surface area contributed by atoms with Gasteiger partial charge in [-0.25, -0.2) is 0 Å². The number of ether oxygens (including phenoxy) is 2. The summed E-state index contributed by atoms with van der Waals surface area (Å²) in [5, 5.41) is 11.8. The molecule has 19 heavy (non-hydrogen) atoms. The van der Waals surface area contributed by atoms with Gasteiger partial charge in [0.15, 0.2) is 17.6 Å². The Balaban J connectivity index is 2.86. The van der Waals surface area contributed by atoms with E-state index in [1.807, 2.05) is 0 Å². The second kappa shape index (κ2) is 6.63. The number of para-hydroxylation sites is 1. The van der Waals surface area contributed by atoms with Gasteiger partial charge in [0.05, 0.1) is 7.11 Å². The van der Waals surface area contributed by atoms with E-state index in [9.17, 15) is 13.2 Å². The fraction of sp³-hybridized carbons (Fsp3) is 0.500. The van der Waals surface area contributed by atoms with Crippen LogP contribution in [-0.4, -0.2) is 38.2 Å². The topological polar surface area (TPSA) is 50.7 Å². The van der Waals surface area contributed by atoms with Crippen molar-refractivity contribution < 1.29 is 27.8 Å². The van der Waals surface area contributed by atoms with E-state index in [-0.39, 0.29) is 5.75 Å². The van der Waals surface area contributed by atoms with Gasteiger partial charge in [-0.15, -0.1) is 0 Å². The minimum absolute atomic E-state index is 0.197. The van der Waals surface area contributed by atoms with Crippen molar-refractivity contribution >= 4 is 0 Å². The first-order chi connectivity index (χ1) is 8.90. The highest BCUT2D eigenvalue weighted by Crippen LogP contribution is 2.32. The molecule has 1 atom stereocenters. The van der Waals surface area contributed by atoms with Crippen molar-refractivity contribution in [3.63, 3.8) is 0 Å². The minimum atomic E-state index is -4.70. The van der Waals surface area contributed by atoms with Crippen molar-refractivity contribution in [3.8, 4) is 11.5 Å². The highest BCUT2D eigenvalue weighted by molar-refractivity contribution is 5.46. The maximum atomic E-state index is 12.2. The molecular formula is C12H16F3NO3. The predicted octanol–water partition coefficient (Wildman–Crippen LogP) is 1.72. The molecule has 0 aromatic heterocycles. The first-order valence-corrected chi connectivity index (χ1v) is 5.58. The van der Waals surface area contributed by atoms with E-state index in [0.29, 0.717) is 17.9 Å². The second-order valence-electron chi connectivity index (χ2n) is 3.85. The predicted molar refractivity (Wildman–Crippen MR) is 63.3 cm³/mol. The molecule has 0 amide bonds. The van der Waals surface area contributed by atoms with Crippen LogP contribution in [0.4, 0.5) is 13.2 Å². The lowest BCUT2D eigenvalue weighted by molar-refractivity contribution is -0.210. The van der Waals surface area contributed by atoms with E-state index in [2.05, 4.69) is 5.32 Å². The third-order valence-corrected chi connectivity index (χ3v) is 2.41. The van der Waals surface area contributed by atoms with Crippen LogP contribution in [0.1, 0.15) is 5.56 Å². The summed E-state index contributed by atoms with van der Waals surface area (Å²) in [6.07, 6.45) is -7.23. The number of rotatable bonds is 6. The van der Waals surface area contributed by atoms with Gasteiger partial charge in [0.1, 0.15) is 6.61 Å². The molecule has 0 radical (unpaired) electrons. The molecule has 7 heteroatoms. The quantitative estimate of drug-likeness (QED) is 0.832. The summed E-state index contributed by atoms with van der Waals surface area (Å²) >= 11 is 0. The Hall–Kier alpha value is -1.47. The molecule has 108 valence electrons. The third kappa shape index (κ3) is 4.29. The molecule has 0 fully saturated rings. The number of hydrogen-bond donors (Lipinski definition) is 2. The van der Waals surface area contributed by atoms with Crippen LogP contribution in [0.25, 0.3) is 0 Å². The summed E-state index contributed by atoms with van der Waals surface area (Å²) in [4.78, 5) is 0. The number of halogens is 3. The monoisotopic (exact) mass is 279 g/mol. The zero-order valence-electron chi connectivity index (χ0n) is 10.6. The van der Waals surface area contributed by atoms with E-state index in [0.717, 1.165) is 0 Å². The first kappa shape index (κ1) is 15.6. The Kier molecular flexibility index (Phi) is 5.44. The molecule has 1 aromatic rings. The van der Waals surface area contributed by atoms with Crippen molar-refractivity contribution in [2.75, 3.05) is 20.8 Å². The van der Waals surface area contributed by atoms with Crippen molar-refractivity contribution in [3.05, 3.63) is 23.8 Å². The van der Waals surface area contributed by atoms with E-state index < -0.39 is 18.9 Å². The van der Waals surface area contributed by atoms with Gasteiger partial charge in [-0.1, -0.05) is 12.1 Å². The largest absolute Gasteiger partial charge is 0.493 e. The number of nitrogens with one attached hydrogen (secondary N) is 1. The number of hydrogen-bond acceptors (Lipinski definition) is 4. The Labute approximate surface area is 109 Å². The summed E-state index contributed by atoms with van der Waals surface area (Å²) in [5.41, 5.74) is 0.649. The maximum Gasteiger partial charge on any atom is 0.417 e. The van der Waals surface area contributed by atoms with Gasteiger partial charge < -0.3 is 19.9 Å². The second-order valence-corrected chi connectivity index (χ2v) is 3.85. The van der Waals surface area contributed by atoms with Gasteiger partial charge in [0, 0.05) is 12.1 Å².